The molecule has 0 saturated carbocycles. The first-order valence-electron chi connectivity index (χ1n) is 6.76. The highest BCUT2D eigenvalue weighted by Gasteiger charge is 2.15. The van der Waals surface area contributed by atoms with Crippen molar-refractivity contribution in [1.82, 2.24) is 14.5 Å². The number of aryl methyl sites for hydroxylation is 1. The predicted molar refractivity (Wildman–Crippen MR) is 89.4 cm³/mol. The highest BCUT2D eigenvalue weighted by molar-refractivity contribution is 7.90. The van der Waals surface area contributed by atoms with Gasteiger partial charge < -0.3 is 4.74 Å². The van der Waals surface area contributed by atoms with Crippen LogP contribution in [0, 0.1) is 0 Å². The van der Waals surface area contributed by atoms with E-state index >= 15 is 0 Å². The number of halogens is 1. The molecule has 7 nitrogen and oxygen atoms in total. The number of hydrogen-bond acceptors (Lipinski definition) is 6. The van der Waals surface area contributed by atoms with Crippen LogP contribution in [0.1, 0.15) is 0 Å². The van der Waals surface area contributed by atoms with Crippen LogP contribution in [0.5, 0.6) is 11.5 Å². The molecule has 0 aliphatic rings. The number of nitrogens with zero attached hydrogens (tertiary/aromatic N) is 3. The Hall–Kier alpha value is -2.45. The fourth-order valence-corrected chi connectivity index (χ4v) is 2.71. The molecule has 0 saturated heterocycles. The van der Waals surface area contributed by atoms with Crippen molar-refractivity contribution in [1.29, 1.82) is 0 Å². The van der Waals surface area contributed by atoms with Crippen LogP contribution >= 0.6 is 11.6 Å². The lowest BCUT2D eigenvalue weighted by atomic mass is 10.3. The van der Waals surface area contributed by atoms with Crippen LogP contribution in [0.15, 0.2) is 46.5 Å². The molecular formula is C15H12ClN3O4S. The van der Waals surface area contributed by atoms with E-state index in [1.165, 1.54) is 23.9 Å². The molecule has 3 rings (SSSR count). The van der Waals surface area contributed by atoms with Crippen molar-refractivity contribution < 1.29 is 13.2 Å². The number of pyridine rings is 1. The van der Waals surface area contributed by atoms with Crippen LogP contribution in [-0.2, 0) is 16.9 Å². The minimum atomic E-state index is -3.57. The number of aromatic nitrogens is 3. The van der Waals surface area contributed by atoms with Gasteiger partial charge in [-0.2, -0.15) is 4.98 Å². The van der Waals surface area contributed by atoms with Gasteiger partial charge in [0.25, 0.3) is 5.56 Å². The van der Waals surface area contributed by atoms with Gasteiger partial charge in [-0.25, -0.2) is 13.4 Å². The molecule has 0 amide bonds. The summed E-state index contributed by atoms with van der Waals surface area (Å²) in [5.74, 6) is 0.521. The third-order valence-corrected chi connectivity index (χ3v) is 4.38. The number of sulfone groups is 1. The Morgan fingerprint density at radius 1 is 1.21 bits per heavy atom. The van der Waals surface area contributed by atoms with Gasteiger partial charge in [0.05, 0.1) is 0 Å². The van der Waals surface area contributed by atoms with Crippen molar-refractivity contribution in [3.05, 3.63) is 51.9 Å². The minimum absolute atomic E-state index is 0.0722. The zero-order chi connectivity index (χ0) is 17.5. The average Bonchev–Trinajstić information content (AvgIpc) is 2.53. The third-order valence-electron chi connectivity index (χ3n) is 3.27. The SMILES string of the molecule is Cn1c(=O)c(Oc2ccc(Cl)cc2)cc2cnc(S(C)(=O)=O)nc21. The van der Waals surface area contributed by atoms with Crippen molar-refractivity contribution in [2.45, 2.75) is 5.16 Å². The molecule has 0 unspecified atom stereocenters. The minimum Gasteiger partial charge on any atom is -0.452 e. The second kappa shape index (κ2) is 5.88. The molecule has 0 atom stereocenters. The monoisotopic (exact) mass is 365 g/mol. The third kappa shape index (κ3) is 3.10. The van der Waals surface area contributed by atoms with E-state index in [0.717, 1.165) is 6.26 Å². The molecule has 3 aromatic rings. The van der Waals surface area contributed by atoms with E-state index in [4.69, 9.17) is 16.3 Å². The maximum atomic E-state index is 12.4. The van der Waals surface area contributed by atoms with Gasteiger partial charge in [0.2, 0.25) is 15.0 Å². The van der Waals surface area contributed by atoms with Gasteiger partial charge >= 0.3 is 0 Å². The summed E-state index contributed by atoms with van der Waals surface area (Å²) in [6.45, 7) is 0. The van der Waals surface area contributed by atoms with E-state index < -0.39 is 15.4 Å². The highest BCUT2D eigenvalue weighted by Crippen LogP contribution is 2.23. The summed E-state index contributed by atoms with van der Waals surface area (Å²) in [6.07, 6.45) is 2.34. The summed E-state index contributed by atoms with van der Waals surface area (Å²) < 4.78 is 29.9. The summed E-state index contributed by atoms with van der Waals surface area (Å²) in [5.41, 5.74) is -0.241. The van der Waals surface area contributed by atoms with E-state index in [1.807, 2.05) is 0 Å². The largest absolute Gasteiger partial charge is 0.452 e. The Morgan fingerprint density at radius 2 is 1.88 bits per heavy atom. The molecule has 0 bridgehead atoms. The fourth-order valence-electron chi connectivity index (χ4n) is 2.08. The van der Waals surface area contributed by atoms with Gasteiger partial charge in [-0.3, -0.25) is 9.36 Å². The van der Waals surface area contributed by atoms with Crippen molar-refractivity contribution in [3.63, 3.8) is 0 Å². The lowest BCUT2D eigenvalue weighted by molar-refractivity contribution is 0.471. The first kappa shape index (κ1) is 16.4. The highest BCUT2D eigenvalue weighted by atomic mass is 35.5. The van der Waals surface area contributed by atoms with Gasteiger partial charge in [0.1, 0.15) is 11.4 Å². The average molecular weight is 366 g/mol. The van der Waals surface area contributed by atoms with Crippen molar-refractivity contribution in [2.75, 3.05) is 6.26 Å². The number of ether oxygens (including phenoxy) is 1. The predicted octanol–water partition coefficient (Wildman–Crippen LogP) is 2.18. The van der Waals surface area contributed by atoms with Gasteiger partial charge in [0, 0.05) is 29.9 Å². The first-order chi connectivity index (χ1) is 11.3. The summed E-state index contributed by atoms with van der Waals surface area (Å²) in [6, 6.07) is 8.02. The van der Waals surface area contributed by atoms with Crippen LogP contribution in [-0.4, -0.2) is 29.2 Å². The summed E-state index contributed by atoms with van der Waals surface area (Å²) >= 11 is 5.81. The second-order valence-corrected chi connectivity index (χ2v) is 7.48. The molecule has 0 aliphatic carbocycles. The Bertz CT molecular complexity index is 1090. The number of rotatable bonds is 3. The van der Waals surface area contributed by atoms with Gasteiger partial charge in [-0.05, 0) is 30.3 Å². The number of hydrogen-bond donors (Lipinski definition) is 0. The Balaban J connectivity index is 2.13. The zero-order valence-electron chi connectivity index (χ0n) is 12.7. The molecule has 0 N–H and O–H groups in total. The lowest BCUT2D eigenvalue weighted by Gasteiger charge is -2.10. The molecule has 0 fully saturated rings. The zero-order valence-corrected chi connectivity index (χ0v) is 14.3. The van der Waals surface area contributed by atoms with E-state index in [1.54, 1.807) is 24.3 Å². The van der Waals surface area contributed by atoms with Crippen molar-refractivity contribution in [2.24, 2.45) is 7.05 Å². The molecule has 0 aliphatic heterocycles. The lowest BCUT2D eigenvalue weighted by Crippen LogP contribution is -2.20. The first-order valence-corrected chi connectivity index (χ1v) is 9.03. The van der Waals surface area contributed by atoms with E-state index in [9.17, 15) is 13.2 Å². The number of benzene rings is 1. The van der Waals surface area contributed by atoms with E-state index in [0.29, 0.717) is 16.2 Å². The molecule has 0 spiro atoms. The molecule has 0 radical (unpaired) electrons. The Morgan fingerprint density at radius 3 is 2.50 bits per heavy atom. The maximum Gasteiger partial charge on any atom is 0.294 e. The standard InChI is InChI=1S/C15H12ClN3O4S/c1-19-13-9(8-17-15(18-13)24(2,21)22)7-12(14(19)20)23-11-5-3-10(16)4-6-11/h3-8H,1-2H3. The van der Waals surface area contributed by atoms with E-state index in [-0.39, 0.29) is 16.6 Å². The van der Waals surface area contributed by atoms with Crippen LogP contribution < -0.4 is 10.3 Å². The topological polar surface area (TPSA) is 91.2 Å². The van der Waals surface area contributed by atoms with E-state index in [2.05, 4.69) is 9.97 Å². The van der Waals surface area contributed by atoms with Gasteiger partial charge in [-0.1, -0.05) is 11.6 Å². The molecule has 24 heavy (non-hydrogen) atoms. The number of fused-ring (bicyclic) bond motifs is 1. The van der Waals surface area contributed by atoms with Crippen LogP contribution in [0.4, 0.5) is 0 Å². The van der Waals surface area contributed by atoms with Gasteiger partial charge in [-0.15, -0.1) is 0 Å². The van der Waals surface area contributed by atoms with Crippen LogP contribution in [0.25, 0.3) is 11.0 Å². The fraction of sp³-hybridized carbons (Fsp3) is 0.133. The Kier molecular flexibility index (Phi) is 4.02. The summed E-state index contributed by atoms with van der Waals surface area (Å²) in [7, 11) is -2.08. The van der Waals surface area contributed by atoms with Crippen molar-refractivity contribution >= 4 is 32.5 Å². The maximum absolute atomic E-state index is 12.4. The van der Waals surface area contributed by atoms with Crippen LogP contribution in [0.3, 0.4) is 0 Å². The van der Waals surface area contributed by atoms with Gasteiger partial charge in [0.15, 0.2) is 5.75 Å². The smallest absolute Gasteiger partial charge is 0.294 e. The molecule has 2 aromatic heterocycles. The molecule has 124 valence electrons. The second-order valence-electron chi connectivity index (χ2n) is 5.13. The Labute approximate surface area is 142 Å². The molecule has 9 heteroatoms. The van der Waals surface area contributed by atoms with Crippen LogP contribution in [0.2, 0.25) is 5.02 Å². The summed E-state index contributed by atoms with van der Waals surface area (Å²) in [4.78, 5) is 20.2. The van der Waals surface area contributed by atoms with Crippen molar-refractivity contribution in [3.8, 4) is 11.5 Å². The molecule has 1 aromatic carbocycles. The summed E-state index contributed by atoms with van der Waals surface area (Å²) in [5, 5.41) is 0.695. The normalized spacial score (nSPS) is 11.6. The molecule has 2 heterocycles. The quantitative estimate of drug-likeness (QED) is 0.661. The molecular weight excluding hydrogens is 354 g/mol.